The molecule has 0 atom stereocenters. The van der Waals surface area contributed by atoms with Crippen LogP contribution in [0.15, 0.2) is 84.7 Å². The Morgan fingerprint density at radius 3 is 2.58 bits per heavy atom. The summed E-state index contributed by atoms with van der Waals surface area (Å²) in [4.78, 5) is 4.52. The van der Waals surface area contributed by atoms with Crippen LogP contribution in [0.5, 0.6) is 0 Å². The maximum atomic E-state index is 8.70. The number of allylic oxidation sites excluding steroid dienone is 5. The summed E-state index contributed by atoms with van der Waals surface area (Å²) >= 11 is 0. The van der Waals surface area contributed by atoms with Gasteiger partial charge >= 0.3 is 0 Å². The number of benzene rings is 1. The SMILES string of the molecule is N#CC(C#N)=C/C=C/C=C/c1cn(Cc2ccccc2)c2ncccc12. The zero-order valence-electron chi connectivity index (χ0n) is 14.1. The van der Waals surface area contributed by atoms with Gasteiger partial charge in [0.05, 0.1) is 0 Å². The third-order valence-corrected chi connectivity index (χ3v) is 3.86. The third-order valence-electron chi connectivity index (χ3n) is 3.86. The largest absolute Gasteiger partial charge is 0.327 e. The second-order valence-electron chi connectivity index (χ2n) is 5.62. The summed E-state index contributed by atoms with van der Waals surface area (Å²) in [7, 11) is 0. The van der Waals surface area contributed by atoms with Crippen molar-refractivity contribution in [1.29, 1.82) is 10.5 Å². The van der Waals surface area contributed by atoms with Crippen molar-refractivity contribution in [2.75, 3.05) is 0 Å². The first-order valence-electron chi connectivity index (χ1n) is 8.15. The lowest BCUT2D eigenvalue weighted by atomic mass is 10.2. The Bertz CT molecular complexity index is 1050. The van der Waals surface area contributed by atoms with Crippen molar-refractivity contribution in [3.63, 3.8) is 0 Å². The van der Waals surface area contributed by atoms with E-state index in [-0.39, 0.29) is 5.57 Å². The molecule has 0 N–H and O–H groups in total. The molecule has 1 aromatic carbocycles. The van der Waals surface area contributed by atoms with Gasteiger partial charge in [0.25, 0.3) is 0 Å². The fourth-order valence-electron chi connectivity index (χ4n) is 2.66. The van der Waals surface area contributed by atoms with E-state index in [9.17, 15) is 0 Å². The Kier molecular flexibility index (Phi) is 5.40. The lowest BCUT2D eigenvalue weighted by molar-refractivity contribution is 0.824. The fourth-order valence-corrected chi connectivity index (χ4v) is 2.66. The minimum absolute atomic E-state index is 0.0818. The fraction of sp³-hybridized carbons (Fsp3) is 0.0455. The lowest BCUT2D eigenvalue weighted by Crippen LogP contribution is -1.98. The van der Waals surface area contributed by atoms with Gasteiger partial charge in [0.1, 0.15) is 23.4 Å². The minimum atomic E-state index is 0.0818. The van der Waals surface area contributed by atoms with E-state index in [0.29, 0.717) is 0 Å². The highest BCUT2D eigenvalue weighted by Gasteiger charge is 2.07. The average Bonchev–Trinajstić information content (AvgIpc) is 3.03. The van der Waals surface area contributed by atoms with E-state index in [1.165, 1.54) is 11.6 Å². The maximum Gasteiger partial charge on any atom is 0.140 e. The molecule has 0 saturated carbocycles. The van der Waals surface area contributed by atoms with E-state index >= 15 is 0 Å². The van der Waals surface area contributed by atoms with Crippen molar-refractivity contribution in [1.82, 2.24) is 9.55 Å². The topological polar surface area (TPSA) is 65.4 Å². The summed E-state index contributed by atoms with van der Waals surface area (Å²) in [5.74, 6) is 0. The molecule has 0 amide bonds. The molecule has 0 saturated heterocycles. The first-order valence-corrected chi connectivity index (χ1v) is 8.15. The molecule has 0 aliphatic carbocycles. The zero-order chi connectivity index (χ0) is 18.2. The van der Waals surface area contributed by atoms with Crippen LogP contribution in [-0.4, -0.2) is 9.55 Å². The first kappa shape index (κ1) is 17.0. The normalized spacial score (nSPS) is 10.8. The molecule has 0 spiro atoms. The average molecular weight is 336 g/mol. The van der Waals surface area contributed by atoms with Gasteiger partial charge < -0.3 is 4.57 Å². The molecular weight excluding hydrogens is 320 g/mol. The number of hydrogen-bond acceptors (Lipinski definition) is 3. The molecular formula is C22H16N4. The van der Waals surface area contributed by atoms with E-state index in [2.05, 4.69) is 33.9 Å². The summed E-state index contributed by atoms with van der Waals surface area (Å²) in [6.07, 6.45) is 12.7. The Balaban J connectivity index is 1.87. The van der Waals surface area contributed by atoms with Crippen molar-refractivity contribution in [2.45, 2.75) is 6.54 Å². The molecule has 3 aromatic rings. The van der Waals surface area contributed by atoms with Crippen molar-refractivity contribution in [2.24, 2.45) is 0 Å². The van der Waals surface area contributed by atoms with Gasteiger partial charge in [-0.15, -0.1) is 0 Å². The smallest absolute Gasteiger partial charge is 0.140 e. The molecule has 0 fully saturated rings. The van der Waals surface area contributed by atoms with E-state index < -0.39 is 0 Å². The van der Waals surface area contributed by atoms with E-state index in [0.717, 1.165) is 23.1 Å². The molecule has 124 valence electrons. The lowest BCUT2D eigenvalue weighted by Gasteiger charge is -2.04. The number of aromatic nitrogens is 2. The second-order valence-corrected chi connectivity index (χ2v) is 5.62. The molecule has 0 unspecified atom stereocenters. The van der Waals surface area contributed by atoms with Crippen molar-refractivity contribution >= 4 is 17.1 Å². The van der Waals surface area contributed by atoms with Gasteiger partial charge in [-0.05, 0) is 23.8 Å². The zero-order valence-corrected chi connectivity index (χ0v) is 14.1. The highest BCUT2D eigenvalue weighted by Crippen LogP contribution is 2.21. The Labute approximate surface area is 152 Å². The van der Waals surface area contributed by atoms with E-state index in [1.54, 1.807) is 18.3 Å². The number of rotatable bonds is 5. The highest BCUT2D eigenvalue weighted by molar-refractivity contribution is 5.87. The number of nitriles is 2. The summed E-state index contributed by atoms with van der Waals surface area (Å²) in [5, 5.41) is 18.5. The number of nitrogens with zero attached hydrogens (tertiary/aromatic N) is 4. The highest BCUT2D eigenvalue weighted by atomic mass is 15.0. The van der Waals surface area contributed by atoms with Crippen LogP contribution in [0.1, 0.15) is 11.1 Å². The van der Waals surface area contributed by atoms with Crippen molar-refractivity contribution in [3.8, 4) is 12.1 Å². The molecule has 0 radical (unpaired) electrons. The van der Waals surface area contributed by atoms with E-state index in [1.807, 2.05) is 48.6 Å². The third kappa shape index (κ3) is 3.95. The molecule has 3 rings (SSSR count). The molecule has 0 bridgehead atoms. The predicted molar refractivity (Wildman–Crippen MR) is 103 cm³/mol. The van der Waals surface area contributed by atoms with Gasteiger partial charge in [0.2, 0.25) is 0 Å². The molecule has 4 nitrogen and oxygen atoms in total. The molecule has 2 heterocycles. The van der Waals surface area contributed by atoms with Gasteiger partial charge in [0, 0.05) is 29.9 Å². The minimum Gasteiger partial charge on any atom is -0.327 e. The molecule has 2 aromatic heterocycles. The van der Waals surface area contributed by atoms with Crippen LogP contribution >= 0.6 is 0 Å². The van der Waals surface area contributed by atoms with Gasteiger partial charge in [-0.25, -0.2) is 4.98 Å². The van der Waals surface area contributed by atoms with Gasteiger partial charge in [0.15, 0.2) is 0 Å². The molecule has 4 heteroatoms. The van der Waals surface area contributed by atoms with E-state index in [4.69, 9.17) is 10.5 Å². The van der Waals surface area contributed by atoms with Crippen LogP contribution in [0.3, 0.4) is 0 Å². The van der Waals surface area contributed by atoms with Crippen LogP contribution < -0.4 is 0 Å². The van der Waals surface area contributed by atoms with Crippen molar-refractivity contribution < 1.29 is 0 Å². The number of hydrogen-bond donors (Lipinski definition) is 0. The predicted octanol–water partition coefficient (Wildman–Crippen LogP) is 4.63. The Morgan fingerprint density at radius 1 is 1.00 bits per heavy atom. The van der Waals surface area contributed by atoms with Crippen LogP contribution in [0.4, 0.5) is 0 Å². The van der Waals surface area contributed by atoms with Crippen LogP contribution in [0.25, 0.3) is 17.1 Å². The van der Waals surface area contributed by atoms with Gasteiger partial charge in [-0.3, -0.25) is 0 Å². The summed E-state index contributed by atoms with van der Waals surface area (Å²) in [5.41, 5.74) is 3.31. The standard InChI is InChI=1S/C22H16N4/c23-14-19(15-24)10-5-2-6-11-20-17-26(16-18-8-3-1-4-9-18)22-21(20)12-7-13-25-22/h1-13,17H,16H2/b5-2+,11-6+. The van der Waals surface area contributed by atoms with Crippen LogP contribution in [-0.2, 0) is 6.54 Å². The first-order chi connectivity index (χ1) is 12.8. The molecule has 0 aliphatic heterocycles. The number of pyridine rings is 1. The monoisotopic (exact) mass is 336 g/mol. The van der Waals surface area contributed by atoms with Crippen LogP contribution in [0, 0.1) is 22.7 Å². The van der Waals surface area contributed by atoms with Crippen molar-refractivity contribution in [3.05, 3.63) is 95.9 Å². The molecule has 0 aliphatic rings. The van der Waals surface area contributed by atoms with Gasteiger partial charge in [-0.2, -0.15) is 10.5 Å². The Hall–Kier alpha value is -3.89. The van der Waals surface area contributed by atoms with Gasteiger partial charge in [-0.1, -0.05) is 54.6 Å². The summed E-state index contributed by atoms with van der Waals surface area (Å²) in [6, 6.07) is 17.9. The summed E-state index contributed by atoms with van der Waals surface area (Å²) in [6.45, 7) is 0.758. The Morgan fingerprint density at radius 2 is 1.81 bits per heavy atom. The quantitative estimate of drug-likeness (QED) is 0.504. The van der Waals surface area contributed by atoms with Crippen LogP contribution in [0.2, 0.25) is 0 Å². The molecule has 26 heavy (non-hydrogen) atoms. The second kappa shape index (κ2) is 8.28. The number of fused-ring (bicyclic) bond motifs is 1. The summed E-state index contributed by atoms with van der Waals surface area (Å²) < 4.78 is 2.14. The maximum absolute atomic E-state index is 8.70.